The van der Waals surface area contributed by atoms with Crippen molar-refractivity contribution in [2.45, 2.75) is 30.8 Å². The molecule has 0 aliphatic heterocycles. The van der Waals surface area contributed by atoms with Crippen LogP contribution in [0.3, 0.4) is 0 Å². The average Bonchev–Trinajstić information content (AvgIpc) is 2.90. The number of allylic oxidation sites excluding steroid dienone is 1. The molecule has 2 aromatic rings. The van der Waals surface area contributed by atoms with Crippen LogP contribution >= 0.6 is 11.8 Å². The summed E-state index contributed by atoms with van der Waals surface area (Å²) in [6, 6.07) is 4.61. The molecule has 0 aliphatic carbocycles. The number of carbonyl (C=O) groups excluding carboxylic acids is 1. The molecule has 0 saturated carbocycles. The van der Waals surface area contributed by atoms with E-state index in [2.05, 4.69) is 22.1 Å². The topological polar surface area (TPSA) is 59.8 Å². The fourth-order valence-electron chi connectivity index (χ4n) is 1.73. The molecule has 7 heteroatoms. The highest BCUT2D eigenvalue weighted by atomic mass is 32.2. The Kier molecular flexibility index (Phi) is 5.32. The number of hydrogen-bond acceptors (Lipinski definition) is 4. The highest BCUT2D eigenvalue weighted by Crippen LogP contribution is 2.22. The zero-order valence-electron chi connectivity index (χ0n) is 12.4. The Morgan fingerprint density at radius 2 is 2.36 bits per heavy atom. The van der Waals surface area contributed by atoms with E-state index >= 15 is 0 Å². The van der Waals surface area contributed by atoms with Gasteiger partial charge in [-0.3, -0.25) is 4.79 Å². The summed E-state index contributed by atoms with van der Waals surface area (Å²) in [6.07, 6.45) is 3.32. The van der Waals surface area contributed by atoms with E-state index in [1.807, 2.05) is 0 Å². The van der Waals surface area contributed by atoms with Crippen molar-refractivity contribution in [2.75, 3.05) is 5.32 Å². The van der Waals surface area contributed by atoms with Crippen molar-refractivity contribution in [3.05, 3.63) is 48.6 Å². The Bertz CT molecular complexity index is 686. The number of thioether (sulfide) groups is 1. The lowest BCUT2D eigenvalue weighted by Gasteiger charge is -2.12. The van der Waals surface area contributed by atoms with Crippen LogP contribution in [0.1, 0.15) is 12.5 Å². The van der Waals surface area contributed by atoms with Crippen LogP contribution < -0.4 is 5.32 Å². The van der Waals surface area contributed by atoms with Crippen LogP contribution in [0.15, 0.2) is 42.3 Å². The minimum atomic E-state index is -0.392. The van der Waals surface area contributed by atoms with Crippen LogP contribution in [0, 0.1) is 12.7 Å². The van der Waals surface area contributed by atoms with Crippen LogP contribution in [0.5, 0.6) is 0 Å². The zero-order valence-corrected chi connectivity index (χ0v) is 13.2. The summed E-state index contributed by atoms with van der Waals surface area (Å²) in [4.78, 5) is 12.2. The predicted molar refractivity (Wildman–Crippen MR) is 85.3 cm³/mol. The number of hydrogen-bond donors (Lipinski definition) is 1. The third kappa shape index (κ3) is 3.94. The number of benzene rings is 1. The normalized spacial score (nSPS) is 12.0. The summed E-state index contributed by atoms with van der Waals surface area (Å²) < 4.78 is 15.3. The van der Waals surface area contributed by atoms with Gasteiger partial charge in [0, 0.05) is 12.2 Å². The van der Waals surface area contributed by atoms with Crippen LogP contribution in [-0.2, 0) is 11.3 Å². The fraction of sp³-hybridized carbons (Fsp3) is 0.267. The summed E-state index contributed by atoms with van der Waals surface area (Å²) in [5, 5.41) is 10.7. The predicted octanol–water partition coefficient (Wildman–Crippen LogP) is 3.03. The highest BCUT2D eigenvalue weighted by Gasteiger charge is 2.18. The minimum absolute atomic E-state index is 0.221. The molecule has 22 heavy (non-hydrogen) atoms. The van der Waals surface area contributed by atoms with Crippen molar-refractivity contribution >= 4 is 23.4 Å². The monoisotopic (exact) mass is 320 g/mol. The van der Waals surface area contributed by atoms with Gasteiger partial charge in [-0.2, -0.15) is 0 Å². The van der Waals surface area contributed by atoms with Gasteiger partial charge in [0.1, 0.15) is 12.1 Å². The van der Waals surface area contributed by atoms with Gasteiger partial charge in [0.05, 0.1) is 5.25 Å². The van der Waals surface area contributed by atoms with Gasteiger partial charge in [0.15, 0.2) is 5.16 Å². The Balaban J connectivity index is 2.01. The van der Waals surface area contributed by atoms with E-state index < -0.39 is 5.25 Å². The van der Waals surface area contributed by atoms with Crippen molar-refractivity contribution in [3.8, 4) is 0 Å². The molecule has 0 radical (unpaired) electrons. The molecule has 1 aromatic heterocycles. The Morgan fingerprint density at radius 1 is 1.59 bits per heavy atom. The molecular formula is C15H17FN4OS. The number of anilines is 1. The number of aromatic nitrogens is 3. The van der Waals surface area contributed by atoms with Gasteiger partial charge in [-0.05, 0) is 31.5 Å². The second kappa shape index (κ2) is 7.22. The maximum absolute atomic E-state index is 13.5. The average molecular weight is 320 g/mol. The van der Waals surface area contributed by atoms with Crippen molar-refractivity contribution in [3.63, 3.8) is 0 Å². The third-order valence-corrected chi connectivity index (χ3v) is 4.09. The summed E-state index contributed by atoms with van der Waals surface area (Å²) in [5.41, 5.74) is 0.978. The molecule has 0 saturated heterocycles. The molecule has 0 spiro atoms. The number of carbonyl (C=O) groups is 1. The number of amides is 1. The minimum Gasteiger partial charge on any atom is -0.325 e. The first-order valence-corrected chi connectivity index (χ1v) is 7.61. The maximum atomic E-state index is 13.5. The van der Waals surface area contributed by atoms with Gasteiger partial charge in [0.2, 0.25) is 5.91 Å². The van der Waals surface area contributed by atoms with Gasteiger partial charge >= 0.3 is 0 Å². The first-order valence-electron chi connectivity index (χ1n) is 6.73. The summed E-state index contributed by atoms with van der Waals surface area (Å²) >= 11 is 1.29. The molecule has 1 N–H and O–H groups in total. The molecule has 1 atom stereocenters. The molecule has 0 bridgehead atoms. The van der Waals surface area contributed by atoms with E-state index in [4.69, 9.17) is 0 Å². The number of halogens is 1. The molecular weight excluding hydrogens is 303 g/mol. The molecule has 5 nitrogen and oxygen atoms in total. The number of rotatable bonds is 6. The maximum Gasteiger partial charge on any atom is 0.237 e. The highest BCUT2D eigenvalue weighted by molar-refractivity contribution is 8.00. The lowest BCUT2D eigenvalue weighted by Crippen LogP contribution is -2.23. The number of nitrogens with one attached hydrogen (secondary N) is 1. The molecule has 2 rings (SSSR count). The van der Waals surface area contributed by atoms with Crippen LogP contribution in [0.25, 0.3) is 0 Å². The molecule has 1 heterocycles. The molecule has 0 aliphatic rings. The van der Waals surface area contributed by atoms with Crippen LogP contribution in [0.2, 0.25) is 0 Å². The smallest absolute Gasteiger partial charge is 0.237 e. The van der Waals surface area contributed by atoms with Gasteiger partial charge in [0.25, 0.3) is 0 Å². The van der Waals surface area contributed by atoms with Crippen molar-refractivity contribution < 1.29 is 9.18 Å². The molecule has 1 unspecified atom stereocenters. The number of aryl methyl sites for hydroxylation is 1. The van der Waals surface area contributed by atoms with Gasteiger partial charge in [-0.1, -0.05) is 23.9 Å². The Hall–Kier alpha value is -2.15. The molecule has 0 fully saturated rings. The Morgan fingerprint density at radius 3 is 3.05 bits per heavy atom. The van der Waals surface area contributed by atoms with Crippen LogP contribution in [-0.4, -0.2) is 25.9 Å². The van der Waals surface area contributed by atoms with E-state index in [0.717, 1.165) is 0 Å². The van der Waals surface area contributed by atoms with Crippen molar-refractivity contribution in [2.24, 2.45) is 0 Å². The number of nitrogens with zero attached hydrogens (tertiary/aromatic N) is 3. The summed E-state index contributed by atoms with van der Waals surface area (Å²) in [7, 11) is 0. The van der Waals surface area contributed by atoms with Crippen molar-refractivity contribution in [1.29, 1.82) is 0 Å². The van der Waals surface area contributed by atoms with E-state index in [-0.39, 0.29) is 11.7 Å². The van der Waals surface area contributed by atoms with Gasteiger partial charge < -0.3 is 9.88 Å². The van der Waals surface area contributed by atoms with Gasteiger partial charge in [-0.15, -0.1) is 16.8 Å². The lowest BCUT2D eigenvalue weighted by atomic mass is 10.2. The zero-order chi connectivity index (χ0) is 16.1. The van der Waals surface area contributed by atoms with Crippen molar-refractivity contribution in [1.82, 2.24) is 14.8 Å². The Labute approximate surface area is 132 Å². The van der Waals surface area contributed by atoms with E-state index in [1.165, 1.54) is 17.8 Å². The van der Waals surface area contributed by atoms with Crippen LogP contribution in [0.4, 0.5) is 10.1 Å². The van der Waals surface area contributed by atoms with E-state index in [1.54, 1.807) is 43.0 Å². The summed E-state index contributed by atoms with van der Waals surface area (Å²) in [5.74, 6) is -0.565. The first kappa shape index (κ1) is 16.2. The molecule has 1 amide bonds. The fourth-order valence-corrected chi connectivity index (χ4v) is 2.56. The first-order chi connectivity index (χ1) is 10.5. The largest absolute Gasteiger partial charge is 0.325 e. The second-order valence-electron chi connectivity index (χ2n) is 4.77. The molecule has 1 aromatic carbocycles. The lowest BCUT2D eigenvalue weighted by molar-refractivity contribution is -0.115. The van der Waals surface area contributed by atoms with E-state index in [9.17, 15) is 9.18 Å². The standard InChI is InChI=1S/C15H17FN4OS/c1-4-7-20-9-17-19-15(20)22-11(3)14(21)18-12-6-5-10(2)13(16)8-12/h4-6,8-9,11H,1,7H2,2-3H3,(H,18,21). The SMILES string of the molecule is C=CCn1cnnc1SC(C)C(=O)Nc1ccc(C)c(F)c1. The molecule has 116 valence electrons. The van der Waals surface area contributed by atoms with Gasteiger partial charge in [-0.25, -0.2) is 4.39 Å². The summed E-state index contributed by atoms with van der Waals surface area (Å²) in [6.45, 7) is 7.67. The third-order valence-electron chi connectivity index (χ3n) is 3.00. The van der Waals surface area contributed by atoms with E-state index in [0.29, 0.717) is 23.0 Å². The second-order valence-corrected chi connectivity index (χ2v) is 6.08. The quantitative estimate of drug-likeness (QED) is 0.656.